The van der Waals surface area contributed by atoms with Crippen molar-refractivity contribution in [2.45, 2.75) is 6.18 Å². The maximum Gasteiger partial charge on any atom is 0.416 e. The normalized spacial score (nSPS) is 11.5. The molecule has 2 aromatic rings. The fourth-order valence-corrected chi connectivity index (χ4v) is 2.34. The number of alkyl halides is 3. The Morgan fingerprint density at radius 3 is 2.33 bits per heavy atom. The number of nitrogens with zero attached hydrogens (tertiary/aromatic N) is 1. The van der Waals surface area contributed by atoms with E-state index in [1.807, 2.05) is 0 Å². The molecule has 0 unspecified atom stereocenters. The van der Waals surface area contributed by atoms with E-state index in [-0.39, 0.29) is 22.6 Å². The van der Waals surface area contributed by atoms with E-state index in [2.05, 4.69) is 0 Å². The second kappa shape index (κ2) is 6.27. The van der Waals surface area contributed by atoms with Crippen molar-refractivity contribution in [3.63, 3.8) is 0 Å². The van der Waals surface area contributed by atoms with Crippen LogP contribution in [-0.2, 0) is 13.2 Å². The van der Waals surface area contributed by atoms with Crippen molar-refractivity contribution in [1.82, 2.24) is 4.57 Å². The fourth-order valence-electron chi connectivity index (χ4n) is 2.20. The van der Waals surface area contributed by atoms with Crippen LogP contribution in [0.4, 0.5) is 17.6 Å². The molecule has 0 amide bonds. The first-order valence-electron chi connectivity index (χ1n) is 6.42. The lowest BCUT2D eigenvalue weighted by Crippen LogP contribution is -2.22. The first kappa shape index (κ1) is 18.0. The average Bonchev–Trinajstić information content (AvgIpc) is 2.47. The Labute approximate surface area is 138 Å². The van der Waals surface area contributed by atoms with Crippen molar-refractivity contribution in [1.29, 1.82) is 0 Å². The Hall–Kier alpha value is -2.35. The molecule has 0 aliphatic carbocycles. The highest BCUT2D eigenvalue weighted by molar-refractivity contribution is 6.68. The van der Waals surface area contributed by atoms with Gasteiger partial charge in [-0.1, -0.05) is 0 Å². The molecule has 0 saturated carbocycles. The number of ether oxygens (including phenoxy) is 1. The minimum Gasteiger partial charge on any atom is -0.491 e. The zero-order valence-electron chi connectivity index (χ0n) is 12.4. The molecule has 128 valence electrons. The monoisotopic (exact) mass is 363 g/mol. The summed E-state index contributed by atoms with van der Waals surface area (Å²) < 4.78 is 57.9. The molecule has 24 heavy (non-hydrogen) atoms. The van der Waals surface area contributed by atoms with Crippen molar-refractivity contribution in [3.8, 4) is 17.0 Å². The number of hydrogen-bond donors (Lipinski definition) is 0. The highest BCUT2D eigenvalue weighted by atomic mass is 35.5. The van der Waals surface area contributed by atoms with E-state index >= 15 is 0 Å². The number of benzene rings is 1. The number of rotatable bonds is 3. The lowest BCUT2D eigenvalue weighted by molar-refractivity contribution is -0.137. The molecule has 1 aromatic heterocycles. The van der Waals surface area contributed by atoms with Gasteiger partial charge in [0.15, 0.2) is 5.75 Å². The third-order valence-electron chi connectivity index (χ3n) is 3.32. The number of hydrogen-bond acceptors (Lipinski definition) is 3. The van der Waals surface area contributed by atoms with E-state index in [1.54, 1.807) is 0 Å². The van der Waals surface area contributed by atoms with E-state index in [0.717, 1.165) is 23.8 Å². The third kappa shape index (κ3) is 3.28. The highest BCUT2D eigenvalue weighted by Gasteiger charge is 2.32. The van der Waals surface area contributed by atoms with E-state index in [0.29, 0.717) is 12.1 Å². The molecular formula is C15H10ClF4NO3. The fraction of sp³-hybridized carbons (Fsp3) is 0.200. The molecule has 1 aromatic carbocycles. The second-order valence-electron chi connectivity index (χ2n) is 4.84. The highest BCUT2D eigenvalue weighted by Crippen LogP contribution is 2.33. The summed E-state index contributed by atoms with van der Waals surface area (Å²) in [4.78, 5) is 23.6. The van der Waals surface area contributed by atoms with Gasteiger partial charge in [0, 0.05) is 12.6 Å². The van der Waals surface area contributed by atoms with Gasteiger partial charge in [-0.05, 0) is 35.9 Å². The lowest BCUT2D eigenvalue weighted by atomic mass is 10.0. The molecule has 0 saturated heterocycles. The van der Waals surface area contributed by atoms with Gasteiger partial charge in [0.05, 0.1) is 23.9 Å². The number of methoxy groups -OCH3 is 1. The Balaban J connectivity index is 2.81. The minimum absolute atomic E-state index is 0.116. The SMILES string of the molecule is COc1c(C(=O)Cl)cc(-c2cc(F)cc(C(F)(F)F)c2)n(C)c1=O. The molecule has 0 spiro atoms. The van der Waals surface area contributed by atoms with Gasteiger partial charge in [0.1, 0.15) is 5.82 Å². The minimum atomic E-state index is -4.77. The summed E-state index contributed by atoms with van der Waals surface area (Å²) in [6.07, 6.45) is -4.77. The second-order valence-corrected chi connectivity index (χ2v) is 5.18. The van der Waals surface area contributed by atoms with Crippen molar-refractivity contribution in [2.75, 3.05) is 7.11 Å². The molecule has 0 bridgehead atoms. The summed E-state index contributed by atoms with van der Waals surface area (Å²) in [6.45, 7) is 0. The van der Waals surface area contributed by atoms with Gasteiger partial charge in [0.2, 0.25) is 0 Å². The van der Waals surface area contributed by atoms with Crippen LogP contribution in [0.1, 0.15) is 15.9 Å². The number of aromatic nitrogens is 1. The average molecular weight is 364 g/mol. The predicted molar refractivity (Wildman–Crippen MR) is 78.8 cm³/mol. The quantitative estimate of drug-likeness (QED) is 0.618. The summed E-state index contributed by atoms with van der Waals surface area (Å²) in [5, 5.41) is -1.03. The zero-order valence-corrected chi connectivity index (χ0v) is 13.1. The Morgan fingerprint density at radius 1 is 1.21 bits per heavy atom. The predicted octanol–water partition coefficient (Wildman–Crippen LogP) is 3.60. The molecule has 0 aliphatic heterocycles. The summed E-state index contributed by atoms with van der Waals surface area (Å²) in [6, 6.07) is 2.90. The molecule has 2 rings (SSSR count). The largest absolute Gasteiger partial charge is 0.491 e. The van der Waals surface area contributed by atoms with Crippen LogP contribution in [0.5, 0.6) is 5.75 Å². The molecule has 0 radical (unpaired) electrons. The van der Waals surface area contributed by atoms with Crippen LogP contribution in [-0.4, -0.2) is 16.9 Å². The van der Waals surface area contributed by atoms with E-state index in [4.69, 9.17) is 16.3 Å². The van der Waals surface area contributed by atoms with Crippen molar-refractivity contribution < 1.29 is 27.1 Å². The van der Waals surface area contributed by atoms with Crippen LogP contribution < -0.4 is 10.3 Å². The van der Waals surface area contributed by atoms with Crippen LogP contribution >= 0.6 is 11.6 Å². The van der Waals surface area contributed by atoms with Gasteiger partial charge in [0.25, 0.3) is 10.8 Å². The molecule has 0 atom stereocenters. The van der Waals surface area contributed by atoms with Gasteiger partial charge < -0.3 is 9.30 Å². The third-order valence-corrected chi connectivity index (χ3v) is 3.53. The summed E-state index contributed by atoms with van der Waals surface area (Å²) >= 11 is 5.38. The first-order valence-corrected chi connectivity index (χ1v) is 6.80. The van der Waals surface area contributed by atoms with E-state index in [9.17, 15) is 27.2 Å². The van der Waals surface area contributed by atoms with Gasteiger partial charge in [-0.2, -0.15) is 13.2 Å². The maximum atomic E-state index is 13.6. The summed E-state index contributed by atoms with van der Waals surface area (Å²) in [5.41, 5.74) is -2.69. The van der Waals surface area contributed by atoms with E-state index < -0.39 is 28.4 Å². The van der Waals surface area contributed by atoms with Crippen molar-refractivity contribution in [3.05, 3.63) is 51.6 Å². The lowest BCUT2D eigenvalue weighted by Gasteiger charge is -2.15. The summed E-state index contributed by atoms with van der Waals surface area (Å²) in [7, 11) is 2.39. The molecule has 0 N–H and O–H groups in total. The number of carbonyl (C=O) groups is 1. The van der Waals surface area contributed by atoms with Crippen LogP contribution in [0.15, 0.2) is 29.1 Å². The van der Waals surface area contributed by atoms with Gasteiger partial charge in [-0.25, -0.2) is 4.39 Å². The van der Waals surface area contributed by atoms with E-state index in [1.165, 1.54) is 7.05 Å². The molecule has 0 fully saturated rings. The first-order chi connectivity index (χ1) is 11.1. The number of halogens is 5. The van der Waals surface area contributed by atoms with Crippen LogP contribution in [0, 0.1) is 5.82 Å². The van der Waals surface area contributed by atoms with Crippen LogP contribution in [0.2, 0.25) is 0 Å². The Kier molecular flexibility index (Phi) is 4.70. The molecule has 0 aliphatic rings. The van der Waals surface area contributed by atoms with Crippen molar-refractivity contribution in [2.24, 2.45) is 7.05 Å². The van der Waals surface area contributed by atoms with Gasteiger partial charge >= 0.3 is 6.18 Å². The topological polar surface area (TPSA) is 48.3 Å². The molecule has 4 nitrogen and oxygen atoms in total. The molecular weight excluding hydrogens is 354 g/mol. The maximum absolute atomic E-state index is 13.6. The smallest absolute Gasteiger partial charge is 0.416 e. The Bertz CT molecular complexity index is 874. The zero-order chi connectivity index (χ0) is 18.2. The Morgan fingerprint density at radius 2 is 1.83 bits per heavy atom. The van der Waals surface area contributed by atoms with Gasteiger partial charge in [-0.15, -0.1) is 0 Å². The van der Waals surface area contributed by atoms with Gasteiger partial charge in [-0.3, -0.25) is 9.59 Å². The molecule has 1 heterocycles. The molecule has 9 heteroatoms. The number of carbonyl (C=O) groups excluding carboxylic acids is 1. The van der Waals surface area contributed by atoms with Crippen LogP contribution in [0.3, 0.4) is 0 Å². The standard InChI is InChI=1S/C15H10ClF4NO3/c1-21-11(6-10(13(16)22)12(24-2)14(21)23)7-3-8(15(18,19)20)5-9(17)4-7/h3-6H,1-2H3. The summed E-state index contributed by atoms with van der Waals surface area (Å²) in [5.74, 6) is -1.49. The number of pyridine rings is 1. The van der Waals surface area contributed by atoms with Crippen molar-refractivity contribution >= 4 is 16.8 Å². The van der Waals surface area contributed by atoms with Crippen LogP contribution in [0.25, 0.3) is 11.3 Å².